The van der Waals surface area contributed by atoms with Crippen LogP contribution >= 0.6 is 0 Å². The summed E-state index contributed by atoms with van der Waals surface area (Å²) in [5.41, 5.74) is 0.643. The maximum Gasteiger partial charge on any atom is 0.317 e. The Hall–Kier alpha value is -1.88. The van der Waals surface area contributed by atoms with Crippen LogP contribution in [0.15, 0.2) is 30.3 Å². The normalized spacial score (nSPS) is 22.1. The van der Waals surface area contributed by atoms with E-state index in [4.69, 9.17) is 5.11 Å². The molecule has 0 spiro atoms. The number of hydrogen-bond donors (Lipinski definition) is 2. The van der Waals surface area contributed by atoms with E-state index in [-0.39, 0.29) is 18.5 Å². The van der Waals surface area contributed by atoms with Crippen molar-refractivity contribution in [2.24, 2.45) is 5.92 Å². The van der Waals surface area contributed by atoms with E-state index in [0.717, 1.165) is 19.4 Å². The molecule has 1 aromatic carbocycles. The van der Waals surface area contributed by atoms with Gasteiger partial charge in [-0.05, 0) is 24.5 Å². The van der Waals surface area contributed by atoms with Gasteiger partial charge in [0.2, 0.25) is 0 Å². The number of amides is 1. The number of hydrogen-bond acceptors (Lipinski definition) is 3. The molecule has 1 amide bonds. The highest BCUT2D eigenvalue weighted by Crippen LogP contribution is 2.22. The molecule has 0 saturated carbocycles. The average Bonchev–Trinajstić information content (AvgIpc) is 2.81. The van der Waals surface area contributed by atoms with E-state index in [1.807, 2.05) is 23.1 Å². The first-order valence-electron chi connectivity index (χ1n) is 7.40. The van der Waals surface area contributed by atoms with Crippen LogP contribution in [0.4, 0.5) is 0 Å². The topological polar surface area (TPSA) is 69.6 Å². The number of carbonyl (C=O) groups is 2. The number of carbonyl (C=O) groups excluding carboxylic acids is 1. The van der Waals surface area contributed by atoms with Crippen molar-refractivity contribution < 1.29 is 14.7 Å². The molecule has 1 aromatic rings. The van der Waals surface area contributed by atoms with Crippen LogP contribution in [0.3, 0.4) is 0 Å². The Labute approximate surface area is 125 Å². The second-order valence-corrected chi connectivity index (χ2v) is 5.58. The van der Waals surface area contributed by atoms with Crippen LogP contribution < -0.4 is 5.32 Å². The van der Waals surface area contributed by atoms with Gasteiger partial charge in [0.05, 0.1) is 6.54 Å². The summed E-state index contributed by atoms with van der Waals surface area (Å²) in [6, 6.07) is 9.15. The van der Waals surface area contributed by atoms with Gasteiger partial charge in [0, 0.05) is 24.7 Å². The van der Waals surface area contributed by atoms with Crippen LogP contribution in [-0.4, -0.2) is 47.6 Å². The fourth-order valence-electron chi connectivity index (χ4n) is 2.95. The molecule has 21 heavy (non-hydrogen) atoms. The lowest BCUT2D eigenvalue weighted by Crippen LogP contribution is -2.40. The Kier molecular flexibility index (Phi) is 5.33. The third-order valence-corrected chi connectivity index (χ3v) is 3.89. The molecule has 114 valence electrons. The highest BCUT2D eigenvalue weighted by Gasteiger charge is 2.33. The molecule has 0 unspecified atom stereocenters. The van der Waals surface area contributed by atoms with Crippen LogP contribution in [0.1, 0.15) is 30.1 Å². The molecule has 2 rings (SSSR count). The lowest BCUT2D eigenvalue weighted by Gasteiger charge is -2.19. The Morgan fingerprint density at radius 1 is 1.29 bits per heavy atom. The zero-order chi connectivity index (χ0) is 15.2. The zero-order valence-corrected chi connectivity index (χ0v) is 12.3. The lowest BCUT2D eigenvalue weighted by molar-refractivity contribution is -0.138. The number of nitrogens with one attached hydrogen (secondary N) is 1. The van der Waals surface area contributed by atoms with E-state index in [1.54, 1.807) is 12.1 Å². The molecule has 0 radical (unpaired) electrons. The van der Waals surface area contributed by atoms with Crippen molar-refractivity contribution >= 4 is 11.9 Å². The van der Waals surface area contributed by atoms with E-state index in [2.05, 4.69) is 12.2 Å². The van der Waals surface area contributed by atoms with Gasteiger partial charge in [-0.25, -0.2) is 0 Å². The first-order valence-corrected chi connectivity index (χ1v) is 7.40. The number of carboxylic acids is 1. The van der Waals surface area contributed by atoms with Gasteiger partial charge >= 0.3 is 5.97 Å². The molecule has 1 heterocycles. The van der Waals surface area contributed by atoms with E-state index in [9.17, 15) is 9.59 Å². The lowest BCUT2D eigenvalue weighted by atomic mass is 9.98. The molecule has 2 N–H and O–H groups in total. The minimum atomic E-state index is -0.819. The van der Waals surface area contributed by atoms with Crippen LogP contribution in [0, 0.1) is 5.92 Å². The molecule has 0 aromatic heterocycles. The standard InChI is InChI=1S/C16H22N2O3/c1-2-6-13-9-18(11-15(19)20)10-14(13)17-16(21)12-7-4-3-5-8-12/h3-5,7-8,13-14H,2,6,9-11H2,1H3,(H,17,21)(H,19,20)/t13-,14-/m0/s1. The average molecular weight is 290 g/mol. The number of aliphatic carboxylic acids is 1. The van der Waals surface area contributed by atoms with Crippen LogP contribution in [0.25, 0.3) is 0 Å². The van der Waals surface area contributed by atoms with Crippen LogP contribution in [0.5, 0.6) is 0 Å². The number of nitrogens with zero attached hydrogens (tertiary/aromatic N) is 1. The molecular formula is C16H22N2O3. The van der Waals surface area contributed by atoms with Crippen molar-refractivity contribution in [1.82, 2.24) is 10.2 Å². The van der Waals surface area contributed by atoms with Crippen molar-refractivity contribution in [2.45, 2.75) is 25.8 Å². The second-order valence-electron chi connectivity index (χ2n) is 5.58. The molecule has 0 bridgehead atoms. The highest BCUT2D eigenvalue weighted by atomic mass is 16.4. The summed E-state index contributed by atoms with van der Waals surface area (Å²) >= 11 is 0. The van der Waals surface area contributed by atoms with Gasteiger partial charge in [0.1, 0.15) is 0 Å². The van der Waals surface area contributed by atoms with E-state index in [0.29, 0.717) is 18.0 Å². The van der Waals surface area contributed by atoms with Crippen molar-refractivity contribution in [3.05, 3.63) is 35.9 Å². The van der Waals surface area contributed by atoms with Gasteiger partial charge in [-0.1, -0.05) is 31.5 Å². The van der Waals surface area contributed by atoms with Gasteiger partial charge in [-0.15, -0.1) is 0 Å². The van der Waals surface area contributed by atoms with Crippen molar-refractivity contribution in [2.75, 3.05) is 19.6 Å². The third kappa shape index (κ3) is 4.29. The Bertz CT molecular complexity index is 490. The summed E-state index contributed by atoms with van der Waals surface area (Å²) in [5, 5.41) is 12.0. The zero-order valence-electron chi connectivity index (χ0n) is 12.3. The summed E-state index contributed by atoms with van der Waals surface area (Å²) in [7, 11) is 0. The van der Waals surface area contributed by atoms with E-state index >= 15 is 0 Å². The summed E-state index contributed by atoms with van der Waals surface area (Å²) in [5.74, 6) is -0.582. The Morgan fingerprint density at radius 2 is 2.00 bits per heavy atom. The van der Waals surface area contributed by atoms with Crippen molar-refractivity contribution in [3.63, 3.8) is 0 Å². The van der Waals surface area contributed by atoms with Gasteiger partial charge < -0.3 is 10.4 Å². The number of rotatable bonds is 6. The first-order chi connectivity index (χ1) is 10.1. The molecule has 1 saturated heterocycles. The minimum absolute atomic E-state index is 0.0250. The van der Waals surface area contributed by atoms with Crippen molar-refractivity contribution in [3.8, 4) is 0 Å². The molecule has 5 heteroatoms. The monoisotopic (exact) mass is 290 g/mol. The summed E-state index contributed by atoms with van der Waals surface area (Å²) in [4.78, 5) is 25.0. The highest BCUT2D eigenvalue weighted by molar-refractivity contribution is 5.94. The predicted octanol–water partition coefficient (Wildman–Crippen LogP) is 1.60. The van der Waals surface area contributed by atoms with E-state index < -0.39 is 5.97 Å². The van der Waals surface area contributed by atoms with Gasteiger partial charge in [0.15, 0.2) is 0 Å². The van der Waals surface area contributed by atoms with Gasteiger partial charge in [-0.2, -0.15) is 0 Å². The van der Waals surface area contributed by atoms with Crippen LogP contribution in [0.2, 0.25) is 0 Å². The predicted molar refractivity (Wildman–Crippen MR) is 80.2 cm³/mol. The van der Waals surface area contributed by atoms with E-state index in [1.165, 1.54) is 0 Å². The molecule has 1 aliphatic heterocycles. The van der Waals surface area contributed by atoms with Gasteiger partial charge in [-0.3, -0.25) is 14.5 Å². The van der Waals surface area contributed by atoms with Crippen LogP contribution in [-0.2, 0) is 4.79 Å². The Morgan fingerprint density at radius 3 is 2.62 bits per heavy atom. The number of likely N-dealkylation sites (tertiary alicyclic amines) is 1. The smallest absolute Gasteiger partial charge is 0.317 e. The summed E-state index contributed by atoms with van der Waals surface area (Å²) in [6.07, 6.45) is 2.03. The quantitative estimate of drug-likeness (QED) is 0.835. The minimum Gasteiger partial charge on any atom is -0.480 e. The molecule has 1 aliphatic rings. The molecule has 5 nitrogen and oxygen atoms in total. The molecule has 2 atom stereocenters. The SMILES string of the molecule is CCC[C@H]1CN(CC(=O)O)C[C@@H]1NC(=O)c1ccccc1. The third-order valence-electron chi connectivity index (χ3n) is 3.89. The maximum atomic E-state index is 12.2. The second kappa shape index (κ2) is 7.22. The fourth-order valence-corrected chi connectivity index (χ4v) is 2.95. The van der Waals surface area contributed by atoms with Gasteiger partial charge in [0.25, 0.3) is 5.91 Å². The molecular weight excluding hydrogens is 268 g/mol. The number of carboxylic acid groups (broad SMARTS) is 1. The number of benzene rings is 1. The maximum absolute atomic E-state index is 12.2. The Balaban J connectivity index is 1.99. The fraction of sp³-hybridized carbons (Fsp3) is 0.500. The van der Waals surface area contributed by atoms with Crippen molar-refractivity contribution in [1.29, 1.82) is 0 Å². The largest absolute Gasteiger partial charge is 0.480 e. The summed E-state index contributed by atoms with van der Waals surface area (Å²) in [6.45, 7) is 3.49. The summed E-state index contributed by atoms with van der Waals surface area (Å²) < 4.78 is 0. The first kappa shape index (κ1) is 15.5. The molecule has 0 aliphatic carbocycles. The molecule has 1 fully saturated rings.